The molecule has 0 bridgehead atoms. The normalized spacial score (nSPS) is 11.1. The van der Waals surface area contributed by atoms with E-state index in [1.54, 1.807) is 30.5 Å². The summed E-state index contributed by atoms with van der Waals surface area (Å²) in [7, 11) is 1.49. The fraction of sp³-hybridized carbons (Fsp3) is 0.125. The van der Waals surface area contributed by atoms with E-state index < -0.39 is 0 Å². The fourth-order valence-electron chi connectivity index (χ4n) is 2.19. The van der Waals surface area contributed by atoms with E-state index in [4.69, 9.17) is 17.0 Å². The summed E-state index contributed by atoms with van der Waals surface area (Å²) < 4.78 is 8.49. The maximum Gasteiger partial charge on any atom is 0.169 e. The molecule has 0 spiro atoms. The van der Waals surface area contributed by atoms with Crippen LogP contribution in [-0.2, 0) is 6.54 Å². The highest BCUT2D eigenvalue weighted by Crippen LogP contribution is 2.27. The molecule has 0 amide bonds. The van der Waals surface area contributed by atoms with Crippen molar-refractivity contribution in [3.8, 4) is 11.5 Å². The molecule has 0 unspecified atom stereocenters. The Hall–Kier alpha value is -2.78. The number of allylic oxidation sites excluding steroid dienone is 1. The molecule has 1 aromatic carbocycles. The molecule has 25 heavy (non-hydrogen) atoms. The number of hydrazone groups is 1. The minimum atomic E-state index is 0.0773. The van der Waals surface area contributed by atoms with E-state index in [9.17, 15) is 5.11 Å². The van der Waals surface area contributed by atoms with E-state index in [2.05, 4.69) is 27.1 Å². The molecular weight excluding hydrogens is 358 g/mol. The second-order valence-corrected chi connectivity index (χ2v) is 6.59. The number of aromatic hydroxyl groups is 1. The van der Waals surface area contributed by atoms with Gasteiger partial charge in [-0.2, -0.15) is 5.10 Å². The minimum Gasteiger partial charge on any atom is -0.504 e. The number of rotatable bonds is 6. The molecule has 7 nitrogen and oxygen atoms in total. The third kappa shape index (κ3) is 3.52. The zero-order valence-electron chi connectivity index (χ0n) is 13.3. The third-order valence-corrected chi connectivity index (χ3v) is 4.80. The Balaban J connectivity index is 1.87. The lowest BCUT2D eigenvalue weighted by atomic mass is 10.2. The van der Waals surface area contributed by atoms with Crippen molar-refractivity contribution in [3.63, 3.8) is 0 Å². The van der Waals surface area contributed by atoms with Gasteiger partial charge in [0.1, 0.15) is 11.0 Å². The molecule has 128 valence electrons. The molecule has 0 aliphatic heterocycles. The summed E-state index contributed by atoms with van der Waals surface area (Å²) in [5.41, 5.74) is 4.42. The molecule has 0 radical (unpaired) electrons. The van der Waals surface area contributed by atoms with Crippen molar-refractivity contribution in [2.45, 2.75) is 6.54 Å². The number of aromatic nitrogens is 3. The smallest absolute Gasteiger partial charge is 0.169 e. The first-order valence-electron chi connectivity index (χ1n) is 7.25. The van der Waals surface area contributed by atoms with Crippen LogP contribution < -0.4 is 10.2 Å². The average Bonchev–Trinajstić information content (AvgIpc) is 2.93. The first kappa shape index (κ1) is 17.1. The number of nitrogens with one attached hydrogen (secondary N) is 1. The van der Waals surface area contributed by atoms with E-state index in [-0.39, 0.29) is 5.75 Å². The highest BCUT2D eigenvalue weighted by atomic mass is 32.1. The summed E-state index contributed by atoms with van der Waals surface area (Å²) in [6.45, 7) is 4.33. The van der Waals surface area contributed by atoms with E-state index in [1.807, 2.05) is 4.57 Å². The van der Waals surface area contributed by atoms with Crippen LogP contribution in [0.15, 0.2) is 42.3 Å². The van der Waals surface area contributed by atoms with E-state index in [1.165, 1.54) is 24.8 Å². The highest BCUT2D eigenvalue weighted by molar-refractivity contribution is 7.73. The maximum atomic E-state index is 9.61. The molecule has 0 saturated carbocycles. The Morgan fingerprint density at radius 1 is 1.48 bits per heavy atom. The average molecular weight is 373 g/mol. The molecule has 2 N–H and O–H groups in total. The molecule has 3 aromatic rings. The Labute approximate surface area is 152 Å². The van der Waals surface area contributed by atoms with Gasteiger partial charge in [-0.05, 0) is 36.0 Å². The number of thiazole rings is 1. The van der Waals surface area contributed by atoms with Gasteiger partial charge in [-0.3, -0.25) is 5.43 Å². The quantitative estimate of drug-likeness (QED) is 0.297. The number of methoxy groups -OCH3 is 1. The molecule has 3 rings (SSSR count). The predicted octanol–water partition coefficient (Wildman–Crippen LogP) is 3.57. The van der Waals surface area contributed by atoms with E-state index in [0.29, 0.717) is 22.1 Å². The lowest BCUT2D eigenvalue weighted by Crippen LogP contribution is -1.99. The van der Waals surface area contributed by atoms with Crippen LogP contribution in [0.2, 0.25) is 0 Å². The van der Waals surface area contributed by atoms with Crippen molar-refractivity contribution < 1.29 is 9.84 Å². The van der Waals surface area contributed by atoms with E-state index in [0.717, 1.165) is 15.9 Å². The molecule has 2 heterocycles. The van der Waals surface area contributed by atoms with Crippen LogP contribution in [0.4, 0.5) is 5.82 Å². The van der Waals surface area contributed by atoms with Gasteiger partial charge in [0, 0.05) is 6.54 Å². The maximum absolute atomic E-state index is 9.61. The number of phenolic OH excluding ortho intramolecular Hbond substituents is 1. The Morgan fingerprint density at radius 2 is 2.32 bits per heavy atom. The summed E-state index contributed by atoms with van der Waals surface area (Å²) >= 11 is 6.78. The number of benzene rings is 1. The van der Waals surface area contributed by atoms with Crippen LogP contribution >= 0.6 is 23.6 Å². The summed E-state index contributed by atoms with van der Waals surface area (Å²) in [5.74, 6) is 1.03. The Bertz CT molecular complexity index is 1010. The van der Waals surface area contributed by atoms with Gasteiger partial charge in [-0.15, -0.1) is 6.58 Å². The van der Waals surface area contributed by atoms with Gasteiger partial charge < -0.3 is 14.4 Å². The van der Waals surface area contributed by atoms with Crippen molar-refractivity contribution in [1.29, 1.82) is 0 Å². The number of nitrogens with zero attached hydrogens (tertiary/aromatic N) is 4. The molecule has 0 aliphatic carbocycles. The topological polar surface area (TPSA) is 84.6 Å². The number of anilines is 1. The molecular formula is C16H15N5O2S2. The lowest BCUT2D eigenvalue weighted by molar-refractivity contribution is 0.373. The molecule has 2 aromatic heterocycles. The third-order valence-electron chi connectivity index (χ3n) is 3.35. The van der Waals surface area contributed by atoms with Crippen LogP contribution in [0, 0.1) is 3.95 Å². The van der Waals surface area contributed by atoms with Gasteiger partial charge >= 0.3 is 0 Å². The minimum absolute atomic E-state index is 0.0773. The highest BCUT2D eigenvalue weighted by Gasteiger charge is 2.10. The SMILES string of the molecule is C=CCn1c(=S)sc2c(N/N=C\c3ccc(O)c(OC)c3)ncnc21. The van der Waals surface area contributed by atoms with Crippen LogP contribution in [0.1, 0.15) is 5.56 Å². The Kier molecular flexibility index (Phi) is 5.05. The van der Waals surface area contributed by atoms with Gasteiger partial charge in [0.15, 0.2) is 26.9 Å². The number of ether oxygens (including phenoxy) is 1. The van der Waals surface area contributed by atoms with Crippen LogP contribution in [0.25, 0.3) is 10.3 Å². The second kappa shape index (κ2) is 7.41. The lowest BCUT2D eigenvalue weighted by Gasteiger charge is -2.04. The second-order valence-electron chi connectivity index (χ2n) is 4.94. The van der Waals surface area contributed by atoms with Crippen molar-refractivity contribution in [2.75, 3.05) is 12.5 Å². The number of fused-ring (bicyclic) bond motifs is 1. The monoisotopic (exact) mass is 373 g/mol. The first-order chi connectivity index (χ1) is 12.1. The number of hydrogen-bond donors (Lipinski definition) is 2. The van der Waals surface area contributed by atoms with Crippen LogP contribution in [0.5, 0.6) is 11.5 Å². The van der Waals surface area contributed by atoms with Gasteiger partial charge in [0.05, 0.1) is 13.3 Å². The van der Waals surface area contributed by atoms with Crippen LogP contribution in [0.3, 0.4) is 0 Å². The van der Waals surface area contributed by atoms with Gasteiger partial charge in [-0.25, -0.2) is 9.97 Å². The van der Waals surface area contributed by atoms with Crippen molar-refractivity contribution in [3.05, 3.63) is 46.7 Å². The molecule has 9 heteroatoms. The zero-order chi connectivity index (χ0) is 17.8. The molecule has 0 saturated heterocycles. The molecule has 0 atom stereocenters. The summed E-state index contributed by atoms with van der Waals surface area (Å²) in [6.07, 6.45) is 4.84. The predicted molar refractivity (Wildman–Crippen MR) is 102 cm³/mol. The summed E-state index contributed by atoms with van der Waals surface area (Å²) in [6, 6.07) is 4.95. The number of hydrogen-bond acceptors (Lipinski definition) is 8. The van der Waals surface area contributed by atoms with Gasteiger partial charge in [0.25, 0.3) is 0 Å². The van der Waals surface area contributed by atoms with Gasteiger partial charge in [0.2, 0.25) is 0 Å². The van der Waals surface area contributed by atoms with E-state index >= 15 is 0 Å². The fourth-order valence-corrected chi connectivity index (χ4v) is 3.50. The standard InChI is InChI=1S/C16H15N5O2S2/c1-3-6-21-15-13(25-16(21)24)14(17-9-18-15)20-19-8-10-4-5-11(22)12(7-10)23-2/h3-5,7-9,22H,1,6H2,2H3,(H,17,18,20)/b19-8-. The van der Waals surface area contributed by atoms with Crippen molar-refractivity contribution in [2.24, 2.45) is 5.10 Å². The Morgan fingerprint density at radius 3 is 3.08 bits per heavy atom. The largest absolute Gasteiger partial charge is 0.504 e. The van der Waals surface area contributed by atoms with Crippen molar-refractivity contribution >= 4 is 45.9 Å². The first-order valence-corrected chi connectivity index (χ1v) is 8.48. The van der Waals surface area contributed by atoms with Gasteiger partial charge in [-0.1, -0.05) is 17.4 Å². The van der Waals surface area contributed by atoms with Crippen molar-refractivity contribution in [1.82, 2.24) is 14.5 Å². The molecule has 0 aliphatic rings. The summed E-state index contributed by atoms with van der Waals surface area (Å²) in [4.78, 5) is 8.52. The van der Waals surface area contributed by atoms with Crippen LogP contribution in [-0.4, -0.2) is 33.0 Å². The summed E-state index contributed by atoms with van der Waals surface area (Å²) in [5, 5.41) is 13.8. The zero-order valence-corrected chi connectivity index (χ0v) is 15.0. The number of phenols is 1. The molecule has 0 fully saturated rings.